The van der Waals surface area contributed by atoms with Crippen molar-refractivity contribution in [2.75, 3.05) is 25.0 Å². The summed E-state index contributed by atoms with van der Waals surface area (Å²) in [6.45, 7) is 4.27. The van der Waals surface area contributed by atoms with E-state index >= 15 is 0 Å². The topological polar surface area (TPSA) is 101 Å². The Morgan fingerprint density at radius 3 is 2.96 bits per heavy atom. The van der Waals surface area contributed by atoms with Crippen molar-refractivity contribution < 1.29 is 9.53 Å². The van der Waals surface area contributed by atoms with E-state index in [1.807, 2.05) is 23.6 Å². The van der Waals surface area contributed by atoms with E-state index in [2.05, 4.69) is 15.6 Å². The number of ether oxygens (including phenoxy) is 1. The molecule has 1 aromatic carbocycles. The SMILES string of the molecule is CCCCOC(=O)Nc1cccc2nn3c(C4CCNCC4)cc(=O)[nH]c3c12. The lowest BCUT2D eigenvalue weighted by atomic mass is 9.94. The summed E-state index contributed by atoms with van der Waals surface area (Å²) in [5.41, 5.74) is 2.63. The summed E-state index contributed by atoms with van der Waals surface area (Å²) in [6.07, 6.45) is 3.20. The largest absolute Gasteiger partial charge is 0.449 e. The van der Waals surface area contributed by atoms with E-state index in [0.717, 1.165) is 44.5 Å². The van der Waals surface area contributed by atoms with Gasteiger partial charge in [-0.15, -0.1) is 0 Å². The van der Waals surface area contributed by atoms with E-state index in [4.69, 9.17) is 9.84 Å². The van der Waals surface area contributed by atoms with Crippen molar-refractivity contribution in [1.82, 2.24) is 19.9 Å². The van der Waals surface area contributed by atoms with Crippen LogP contribution in [0.25, 0.3) is 16.6 Å². The predicted octanol–water partition coefficient (Wildman–Crippen LogP) is 2.99. The summed E-state index contributed by atoms with van der Waals surface area (Å²) in [5.74, 6) is 0.274. The molecule has 0 bridgehead atoms. The van der Waals surface area contributed by atoms with Gasteiger partial charge in [0.25, 0.3) is 5.56 Å². The number of amides is 1. The number of aromatic amines is 1. The first-order chi connectivity index (χ1) is 13.7. The fourth-order valence-corrected chi connectivity index (χ4v) is 3.75. The van der Waals surface area contributed by atoms with Crippen LogP contribution in [0.2, 0.25) is 0 Å². The first kappa shape index (κ1) is 18.5. The quantitative estimate of drug-likeness (QED) is 0.588. The molecule has 2 aromatic heterocycles. The fourth-order valence-electron chi connectivity index (χ4n) is 3.75. The van der Waals surface area contributed by atoms with Gasteiger partial charge in [-0.2, -0.15) is 5.10 Å². The van der Waals surface area contributed by atoms with Gasteiger partial charge in [0.15, 0.2) is 0 Å². The molecular formula is C20H25N5O3. The first-order valence-corrected chi connectivity index (χ1v) is 9.86. The molecule has 0 saturated carbocycles. The molecule has 4 rings (SSSR count). The number of hydrogen-bond acceptors (Lipinski definition) is 5. The van der Waals surface area contributed by atoms with Crippen LogP contribution in [0.3, 0.4) is 0 Å². The highest BCUT2D eigenvalue weighted by atomic mass is 16.5. The number of aromatic nitrogens is 3. The summed E-state index contributed by atoms with van der Waals surface area (Å²) < 4.78 is 7.03. The van der Waals surface area contributed by atoms with Crippen molar-refractivity contribution >= 4 is 28.3 Å². The number of anilines is 1. The van der Waals surface area contributed by atoms with Crippen LogP contribution in [0.4, 0.5) is 10.5 Å². The van der Waals surface area contributed by atoms with Gasteiger partial charge >= 0.3 is 6.09 Å². The van der Waals surface area contributed by atoms with E-state index in [-0.39, 0.29) is 11.5 Å². The Kier molecular flexibility index (Phi) is 5.29. The van der Waals surface area contributed by atoms with Crippen LogP contribution in [0.1, 0.15) is 44.2 Å². The smallest absolute Gasteiger partial charge is 0.411 e. The van der Waals surface area contributed by atoms with Crippen molar-refractivity contribution in [2.24, 2.45) is 0 Å². The lowest BCUT2D eigenvalue weighted by molar-refractivity contribution is 0.160. The number of hydrogen-bond donors (Lipinski definition) is 3. The number of carbonyl (C=O) groups excluding carboxylic acids is 1. The number of carbonyl (C=O) groups is 1. The standard InChI is InChI=1S/C20H25N5O3/c1-2-3-11-28-20(27)22-14-5-4-6-15-18(14)19-23-17(26)12-16(25(19)24-15)13-7-9-21-10-8-13/h4-6,12-13,21H,2-3,7-11H2,1H3,(H,22,27)(H,23,26). The van der Waals surface area contributed by atoms with Crippen LogP contribution >= 0.6 is 0 Å². The van der Waals surface area contributed by atoms with Crippen LogP contribution < -0.4 is 16.2 Å². The van der Waals surface area contributed by atoms with Crippen molar-refractivity contribution in [1.29, 1.82) is 0 Å². The minimum atomic E-state index is -0.503. The van der Waals surface area contributed by atoms with Gasteiger partial charge in [-0.05, 0) is 44.5 Å². The highest BCUT2D eigenvalue weighted by Gasteiger charge is 2.22. The van der Waals surface area contributed by atoms with Gasteiger partial charge in [0.05, 0.1) is 28.9 Å². The van der Waals surface area contributed by atoms with E-state index in [1.54, 1.807) is 12.1 Å². The van der Waals surface area contributed by atoms with Gasteiger partial charge in [-0.25, -0.2) is 9.31 Å². The van der Waals surface area contributed by atoms with Gasteiger partial charge in [0.2, 0.25) is 0 Å². The van der Waals surface area contributed by atoms with E-state index in [9.17, 15) is 9.59 Å². The molecular weight excluding hydrogens is 358 g/mol. The highest BCUT2D eigenvalue weighted by molar-refractivity contribution is 6.06. The average Bonchev–Trinajstić information content (AvgIpc) is 3.07. The van der Waals surface area contributed by atoms with Gasteiger partial charge < -0.3 is 15.0 Å². The summed E-state index contributed by atoms with van der Waals surface area (Å²) in [4.78, 5) is 27.4. The number of fused-ring (bicyclic) bond motifs is 3. The molecule has 3 heterocycles. The second kappa shape index (κ2) is 8.02. The van der Waals surface area contributed by atoms with Crippen LogP contribution in [-0.4, -0.2) is 40.4 Å². The zero-order valence-electron chi connectivity index (χ0n) is 16.0. The second-order valence-electron chi connectivity index (χ2n) is 7.16. The van der Waals surface area contributed by atoms with Crippen LogP contribution in [0.5, 0.6) is 0 Å². The van der Waals surface area contributed by atoms with Gasteiger partial charge in [-0.3, -0.25) is 10.1 Å². The second-order valence-corrected chi connectivity index (χ2v) is 7.16. The lowest BCUT2D eigenvalue weighted by Crippen LogP contribution is -2.28. The van der Waals surface area contributed by atoms with E-state index in [0.29, 0.717) is 28.8 Å². The number of piperidine rings is 1. The Morgan fingerprint density at radius 1 is 1.36 bits per heavy atom. The number of rotatable bonds is 5. The molecule has 8 nitrogen and oxygen atoms in total. The number of H-pyrrole nitrogens is 1. The van der Waals surface area contributed by atoms with Crippen LogP contribution in [0, 0.1) is 0 Å². The molecule has 1 amide bonds. The molecule has 3 N–H and O–H groups in total. The third-order valence-corrected chi connectivity index (χ3v) is 5.19. The zero-order valence-corrected chi connectivity index (χ0v) is 16.0. The number of unbranched alkanes of at least 4 members (excludes halogenated alkanes) is 1. The van der Waals surface area contributed by atoms with Crippen molar-refractivity contribution in [3.8, 4) is 0 Å². The third kappa shape index (κ3) is 3.60. The van der Waals surface area contributed by atoms with Crippen molar-refractivity contribution in [3.05, 3.63) is 40.3 Å². The Hall–Kier alpha value is -2.87. The first-order valence-electron chi connectivity index (χ1n) is 9.86. The number of benzene rings is 1. The monoisotopic (exact) mass is 383 g/mol. The minimum Gasteiger partial charge on any atom is -0.449 e. The average molecular weight is 383 g/mol. The Labute approximate surface area is 162 Å². The summed E-state index contributed by atoms with van der Waals surface area (Å²) in [7, 11) is 0. The summed E-state index contributed by atoms with van der Waals surface area (Å²) in [5, 5.41) is 11.6. The molecule has 0 unspecified atom stereocenters. The molecule has 1 aliphatic heterocycles. The molecule has 0 aliphatic carbocycles. The molecule has 0 spiro atoms. The molecule has 1 aliphatic rings. The van der Waals surface area contributed by atoms with Crippen molar-refractivity contribution in [3.63, 3.8) is 0 Å². The molecule has 1 fully saturated rings. The Bertz CT molecular complexity index is 1050. The van der Waals surface area contributed by atoms with Gasteiger partial charge in [0.1, 0.15) is 5.65 Å². The van der Waals surface area contributed by atoms with Crippen molar-refractivity contribution in [2.45, 2.75) is 38.5 Å². The van der Waals surface area contributed by atoms with Gasteiger partial charge in [0, 0.05) is 12.0 Å². The number of nitrogens with one attached hydrogen (secondary N) is 3. The van der Waals surface area contributed by atoms with E-state index < -0.39 is 6.09 Å². The van der Waals surface area contributed by atoms with E-state index in [1.165, 1.54) is 0 Å². The predicted molar refractivity (Wildman–Crippen MR) is 108 cm³/mol. The maximum absolute atomic E-state index is 12.4. The molecule has 3 aromatic rings. The maximum atomic E-state index is 12.4. The third-order valence-electron chi connectivity index (χ3n) is 5.19. The Balaban J connectivity index is 1.76. The minimum absolute atomic E-state index is 0.164. The molecule has 0 atom stereocenters. The molecule has 148 valence electrons. The van der Waals surface area contributed by atoms with Crippen LogP contribution in [-0.2, 0) is 4.74 Å². The summed E-state index contributed by atoms with van der Waals surface area (Å²) >= 11 is 0. The molecule has 8 heteroatoms. The normalized spacial score (nSPS) is 15.2. The fraction of sp³-hybridized carbons (Fsp3) is 0.450. The molecule has 1 saturated heterocycles. The highest BCUT2D eigenvalue weighted by Crippen LogP contribution is 2.30. The zero-order chi connectivity index (χ0) is 19.5. The number of nitrogens with zero attached hydrogens (tertiary/aromatic N) is 2. The lowest BCUT2D eigenvalue weighted by Gasteiger charge is -2.23. The summed E-state index contributed by atoms with van der Waals surface area (Å²) in [6, 6.07) is 7.14. The van der Waals surface area contributed by atoms with Crippen LogP contribution in [0.15, 0.2) is 29.1 Å². The molecule has 28 heavy (non-hydrogen) atoms. The maximum Gasteiger partial charge on any atom is 0.411 e. The Morgan fingerprint density at radius 2 is 2.18 bits per heavy atom. The molecule has 0 radical (unpaired) electrons. The van der Waals surface area contributed by atoms with Gasteiger partial charge in [-0.1, -0.05) is 19.4 Å².